The summed E-state index contributed by atoms with van der Waals surface area (Å²) in [6.07, 6.45) is 1.04. The Morgan fingerprint density at radius 2 is 1.64 bits per heavy atom. The van der Waals surface area contributed by atoms with Crippen molar-refractivity contribution in [1.82, 2.24) is 5.32 Å². The van der Waals surface area contributed by atoms with E-state index in [0.717, 1.165) is 17.1 Å². The van der Waals surface area contributed by atoms with E-state index in [-0.39, 0.29) is 10.9 Å². The van der Waals surface area contributed by atoms with Crippen LogP contribution in [-0.4, -0.2) is 30.1 Å². The molecule has 1 heterocycles. The normalized spacial score (nSPS) is 14.0. The molecule has 0 aromatic heterocycles. The SMILES string of the molecule is O=C(NCCc1cccc(Oc2ccccc2)c1)c1ccc(Oc2cc3c(cc2Cl)C(C(=O)O)CCO3)cc1. The summed E-state index contributed by atoms with van der Waals surface area (Å²) in [7, 11) is 0. The summed E-state index contributed by atoms with van der Waals surface area (Å²) in [4.78, 5) is 24.2. The van der Waals surface area contributed by atoms with Crippen LogP contribution in [0.25, 0.3) is 0 Å². The van der Waals surface area contributed by atoms with Crippen LogP contribution in [0.15, 0.2) is 91.0 Å². The zero-order chi connectivity index (χ0) is 27.2. The van der Waals surface area contributed by atoms with Crippen molar-refractivity contribution in [3.05, 3.63) is 113 Å². The molecular formula is C31H26ClNO6. The van der Waals surface area contributed by atoms with E-state index in [9.17, 15) is 14.7 Å². The molecule has 0 spiro atoms. The number of carbonyl (C=O) groups is 2. The quantitative estimate of drug-likeness (QED) is 0.240. The number of amides is 1. The highest BCUT2D eigenvalue weighted by Gasteiger charge is 2.29. The molecule has 5 rings (SSSR count). The van der Waals surface area contributed by atoms with Gasteiger partial charge in [0.05, 0.1) is 17.5 Å². The molecule has 4 aromatic carbocycles. The Hall–Kier alpha value is -4.49. The molecule has 0 fully saturated rings. The first-order valence-electron chi connectivity index (χ1n) is 12.5. The Morgan fingerprint density at radius 3 is 2.41 bits per heavy atom. The fourth-order valence-corrected chi connectivity index (χ4v) is 4.55. The molecule has 0 radical (unpaired) electrons. The fraction of sp³-hybridized carbons (Fsp3) is 0.161. The summed E-state index contributed by atoms with van der Waals surface area (Å²) >= 11 is 6.38. The zero-order valence-corrected chi connectivity index (χ0v) is 21.7. The van der Waals surface area contributed by atoms with Gasteiger partial charge in [-0.2, -0.15) is 0 Å². The van der Waals surface area contributed by atoms with E-state index in [1.807, 2.05) is 54.6 Å². The maximum Gasteiger partial charge on any atom is 0.311 e. The van der Waals surface area contributed by atoms with Gasteiger partial charge in [-0.3, -0.25) is 9.59 Å². The molecule has 0 bridgehead atoms. The fourth-order valence-electron chi connectivity index (χ4n) is 4.34. The number of ether oxygens (including phenoxy) is 3. The van der Waals surface area contributed by atoms with Crippen LogP contribution in [0.3, 0.4) is 0 Å². The van der Waals surface area contributed by atoms with Gasteiger partial charge in [-0.15, -0.1) is 0 Å². The minimum absolute atomic E-state index is 0.196. The summed E-state index contributed by atoms with van der Waals surface area (Å²) in [6.45, 7) is 0.774. The maximum absolute atomic E-state index is 12.7. The third-order valence-electron chi connectivity index (χ3n) is 6.32. The van der Waals surface area contributed by atoms with Crippen LogP contribution in [0.4, 0.5) is 0 Å². The van der Waals surface area contributed by atoms with E-state index in [1.165, 1.54) is 0 Å². The van der Waals surface area contributed by atoms with Crippen molar-refractivity contribution in [2.45, 2.75) is 18.8 Å². The molecular weight excluding hydrogens is 518 g/mol. The van der Waals surface area contributed by atoms with Crippen LogP contribution in [0.1, 0.15) is 33.8 Å². The molecule has 39 heavy (non-hydrogen) atoms. The summed E-state index contributed by atoms with van der Waals surface area (Å²) in [5.74, 6) is 1.01. The number of carboxylic acid groups (broad SMARTS) is 1. The number of rotatable bonds is 9. The van der Waals surface area contributed by atoms with Gasteiger partial charge in [0.1, 0.15) is 28.7 Å². The Morgan fingerprint density at radius 1 is 0.897 bits per heavy atom. The van der Waals surface area contributed by atoms with Crippen molar-refractivity contribution in [1.29, 1.82) is 0 Å². The standard InChI is InChI=1S/C31H26ClNO6/c32-27-18-26-25(31(35)36)14-16-37-28(26)19-29(27)39-23-11-9-21(10-12-23)30(34)33-15-13-20-5-4-8-24(17-20)38-22-6-2-1-3-7-22/h1-12,17-19,25H,13-16H2,(H,33,34)(H,35,36). The lowest BCUT2D eigenvalue weighted by Crippen LogP contribution is -2.25. The number of carbonyl (C=O) groups excluding carboxylic acids is 1. The van der Waals surface area contributed by atoms with Crippen molar-refractivity contribution in [2.24, 2.45) is 0 Å². The van der Waals surface area contributed by atoms with E-state index in [1.54, 1.807) is 36.4 Å². The number of halogens is 1. The number of nitrogens with one attached hydrogen (secondary N) is 1. The Kier molecular flexibility index (Phi) is 7.99. The average Bonchev–Trinajstić information content (AvgIpc) is 2.94. The molecule has 0 aliphatic carbocycles. The Balaban J connectivity index is 1.16. The molecule has 1 amide bonds. The number of benzene rings is 4. The van der Waals surface area contributed by atoms with Crippen molar-refractivity contribution < 1.29 is 28.9 Å². The lowest BCUT2D eigenvalue weighted by Gasteiger charge is -2.24. The van der Waals surface area contributed by atoms with Crippen LogP contribution >= 0.6 is 11.6 Å². The molecule has 1 aliphatic heterocycles. The molecule has 1 atom stereocenters. The van der Waals surface area contributed by atoms with E-state index in [2.05, 4.69) is 5.32 Å². The van der Waals surface area contributed by atoms with Crippen molar-refractivity contribution in [3.8, 4) is 28.7 Å². The molecule has 1 unspecified atom stereocenters. The summed E-state index contributed by atoms with van der Waals surface area (Å²) < 4.78 is 17.4. The van der Waals surface area contributed by atoms with Gasteiger partial charge in [-0.05, 0) is 73.0 Å². The smallest absolute Gasteiger partial charge is 0.311 e. The van der Waals surface area contributed by atoms with E-state index in [0.29, 0.717) is 54.4 Å². The Bertz CT molecular complexity index is 1470. The summed E-state index contributed by atoms with van der Waals surface area (Å²) in [5.41, 5.74) is 2.08. The minimum Gasteiger partial charge on any atom is -0.493 e. The number of para-hydroxylation sites is 1. The first-order valence-corrected chi connectivity index (χ1v) is 12.9. The number of carboxylic acids is 1. The van der Waals surface area contributed by atoms with Crippen LogP contribution < -0.4 is 19.5 Å². The molecule has 0 saturated carbocycles. The number of hydrogen-bond donors (Lipinski definition) is 2. The molecule has 198 valence electrons. The highest BCUT2D eigenvalue weighted by molar-refractivity contribution is 6.32. The zero-order valence-electron chi connectivity index (χ0n) is 20.9. The predicted octanol–water partition coefficient (Wildman–Crippen LogP) is 6.85. The van der Waals surface area contributed by atoms with Crippen LogP contribution in [0.5, 0.6) is 28.7 Å². The highest BCUT2D eigenvalue weighted by atomic mass is 35.5. The molecule has 0 saturated heterocycles. The van der Waals surface area contributed by atoms with Gasteiger partial charge in [-0.1, -0.05) is 41.9 Å². The van der Waals surface area contributed by atoms with Gasteiger partial charge in [-0.25, -0.2) is 0 Å². The number of aliphatic carboxylic acids is 1. The first-order chi connectivity index (χ1) is 19.0. The van der Waals surface area contributed by atoms with E-state index >= 15 is 0 Å². The third-order valence-corrected chi connectivity index (χ3v) is 6.62. The van der Waals surface area contributed by atoms with Gasteiger partial charge in [0.15, 0.2) is 0 Å². The molecule has 4 aromatic rings. The van der Waals surface area contributed by atoms with Gasteiger partial charge >= 0.3 is 5.97 Å². The highest BCUT2D eigenvalue weighted by Crippen LogP contribution is 2.41. The summed E-state index contributed by atoms with van der Waals surface area (Å²) in [5, 5.41) is 12.7. The maximum atomic E-state index is 12.7. The van der Waals surface area contributed by atoms with Gasteiger partial charge < -0.3 is 24.6 Å². The van der Waals surface area contributed by atoms with Gasteiger partial charge in [0, 0.05) is 23.7 Å². The predicted molar refractivity (Wildman–Crippen MR) is 147 cm³/mol. The third kappa shape index (κ3) is 6.51. The molecule has 1 aliphatic rings. The van der Waals surface area contributed by atoms with Crippen LogP contribution in [0, 0.1) is 0 Å². The van der Waals surface area contributed by atoms with E-state index in [4.69, 9.17) is 25.8 Å². The van der Waals surface area contributed by atoms with E-state index < -0.39 is 11.9 Å². The van der Waals surface area contributed by atoms with Crippen molar-refractivity contribution in [3.63, 3.8) is 0 Å². The second-order valence-corrected chi connectivity index (χ2v) is 9.45. The monoisotopic (exact) mass is 543 g/mol. The lowest BCUT2D eigenvalue weighted by atomic mass is 9.93. The summed E-state index contributed by atoms with van der Waals surface area (Å²) in [6, 6.07) is 27.2. The van der Waals surface area contributed by atoms with Gasteiger partial charge in [0.2, 0.25) is 0 Å². The Labute approximate surface area is 230 Å². The molecule has 2 N–H and O–H groups in total. The van der Waals surface area contributed by atoms with Gasteiger partial charge in [0.25, 0.3) is 5.91 Å². The van der Waals surface area contributed by atoms with Crippen molar-refractivity contribution in [2.75, 3.05) is 13.2 Å². The largest absolute Gasteiger partial charge is 0.493 e. The molecule has 7 nitrogen and oxygen atoms in total. The first kappa shape index (κ1) is 26.1. The molecule has 8 heteroatoms. The van der Waals surface area contributed by atoms with Crippen LogP contribution in [0.2, 0.25) is 5.02 Å². The van der Waals surface area contributed by atoms with Crippen LogP contribution in [-0.2, 0) is 11.2 Å². The topological polar surface area (TPSA) is 94.1 Å². The minimum atomic E-state index is -0.913. The number of fused-ring (bicyclic) bond motifs is 1. The lowest BCUT2D eigenvalue weighted by molar-refractivity contribution is -0.139. The second kappa shape index (κ2) is 11.9. The second-order valence-electron chi connectivity index (χ2n) is 9.04. The number of hydrogen-bond acceptors (Lipinski definition) is 5. The van der Waals surface area contributed by atoms with Crippen molar-refractivity contribution >= 4 is 23.5 Å². The average molecular weight is 544 g/mol.